The maximum Gasteiger partial charge on any atom is 0.407 e. The minimum absolute atomic E-state index is 0.111. The number of nitrogens with zero attached hydrogens (tertiary/aromatic N) is 1. The summed E-state index contributed by atoms with van der Waals surface area (Å²) in [6, 6.07) is 12.1. The lowest BCUT2D eigenvalue weighted by atomic mass is 10.0. The van der Waals surface area contributed by atoms with Crippen LogP contribution in [0.2, 0.25) is 0 Å². The first-order valence-electron chi connectivity index (χ1n) is 13.2. The van der Waals surface area contributed by atoms with Crippen LogP contribution in [0.3, 0.4) is 0 Å². The Balaban J connectivity index is 1.63. The molecule has 10 nitrogen and oxygen atoms in total. The van der Waals surface area contributed by atoms with E-state index in [1.165, 1.54) is 7.11 Å². The zero-order valence-corrected chi connectivity index (χ0v) is 23.1. The molecule has 0 aliphatic heterocycles. The van der Waals surface area contributed by atoms with Gasteiger partial charge in [-0.3, -0.25) is 19.2 Å². The van der Waals surface area contributed by atoms with Crippen LogP contribution in [0.4, 0.5) is 10.5 Å². The van der Waals surface area contributed by atoms with Gasteiger partial charge in [-0.15, -0.1) is 0 Å². The normalized spacial score (nSPS) is 12.1. The highest BCUT2D eigenvalue weighted by Crippen LogP contribution is 2.39. The minimum atomic E-state index is -0.626. The van der Waals surface area contributed by atoms with Gasteiger partial charge in [-0.2, -0.15) is 0 Å². The highest BCUT2D eigenvalue weighted by molar-refractivity contribution is 6.26. The number of ether oxygens (including phenoxy) is 2. The number of methoxy groups -OCH3 is 1. The summed E-state index contributed by atoms with van der Waals surface area (Å²) in [6.07, 6.45) is 0.445. The molecular weight excluding hydrogens is 514 g/mol. The fourth-order valence-electron chi connectivity index (χ4n) is 4.73. The molecule has 10 heteroatoms. The van der Waals surface area contributed by atoms with Crippen LogP contribution in [0.5, 0.6) is 0 Å². The average Bonchev–Trinajstić information content (AvgIpc) is 3.19. The molecule has 2 amide bonds. The van der Waals surface area contributed by atoms with Crippen LogP contribution < -0.4 is 16.2 Å². The van der Waals surface area contributed by atoms with Gasteiger partial charge >= 0.3 is 12.1 Å². The number of pyridine rings is 1. The molecular formula is C30H33N3O7. The third-order valence-electron chi connectivity index (χ3n) is 6.45. The van der Waals surface area contributed by atoms with Crippen LogP contribution >= 0.6 is 0 Å². The van der Waals surface area contributed by atoms with Gasteiger partial charge in [-0.1, -0.05) is 30.3 Å². The van der Waals surface area contributed by atoms with E-state index in [-0.39, 0.29) is 49.2 Å². The molecule has 40 heavy (non-hydrogen) atoms. The molecule has 3 aromatic rings. The van der Waals surface area contributed by atoms with Gasteiger partial charge in [0, 0.05) is 48.1 Å². The number of fused-ring (bicyclic) bond motifs is 5. The fraction of sp³-hybridized carbons (Fsp3) is 0.367. The lowest BCUT2D eigenvalue weighted by Crippen LogP contribution is -2.33. The number of hydrogen-bond acceptors (Lipinski definition) is 7. The lowest BCUT2D eigenvalue weighted by Gasteiger charge is -2.20. The van der Waals surface area contributed by atoms with Crippen molar-refractivity contribution in [3.05, 3.63) is 63.9 Å². The van der Waals surface area contributed by atoms with Crippen molar-refractivity contribution in [1.82, 2.24) is 9.88 Å². The zero-order chi connectivity index (χ0) is 29.0. The summed E-state index contributed by atoms with van der Waals surface area (Å²) in [5, 5.41) is 6.27. The molecule has 1 heterocycles. The van der Waals surface area contributed by atoms with Crippen molar-refractivity contribution < 1.29 is 28.7 Å². The predicted molar refractivity (Wildman–Crippen MR) is 150 cm³/mol. The van der Waals surface area contributed by atoms with Gasteiger partial charge in [0.1, 0.15) is 5.60 Å². The maximum atomic E-state index is 13.8. The highest BCUT2D eigenvalue weighted by Gasteiger charge is 2.32. The molecule has 0 unspecified atom stereocenters. The van der Waals surface area contributed by atoms with E-state index in [2.05, 4.69) is 15.4 Å². The molecule has 0 saturated heterocycles. The van der Waals surface area contributed by atoms with Crippen LogP contribution in [-0.2, 0) is 25.6 Å². The van der Waals surface area contributed by atoms with E-state index in [0.29, 0.717) is 51.7 Å². The Hall–Kier alpha value is -4.47. The average molecular weight is 548 g/mol. The van der Waals surface area contributed by atoms with E-state index < -0.39 is 11.7 Å². The van der Waals surface area contributed by atoms with Crippen molar-refractivity contribution >= 4 is 40.2 Å². The number of anilines is 1. The summed E-state index contributed by atoms with van der Waals surface area (Å²) in [7, 11) is 1.29. The molecule has 0 atom stereocenters. The van der Waals surface area contributed by atoms with Crippen molar-refractivity contribution in [3.8, 4) is 11.3 Å². The van der Waals surface area contributed by atoms with E-state index in [4.69, 9.17) is 4.74 Å². The Bertz CT molecular complexity index is 1550. The summed E-state index contributed by atoms with van der Waals surface area (Å²) in [5.41, 5.74) is 1.67. The van der Waals surface area contributed by atoms with Crippen LogP contribution in [0, 0.1) is 0 Å². The Morgan fingerprint density at radius 1 is 0.925 bits per heavy atom. The van der Waals surface area contributed by atoms with Crippen molar-refractivity contribution in [2.24, 2.45) is 0 Å². The van der Waals surface area contributed by atoms with Gasteiger partial charge in [0.05, 0.1) is 23.8 Å². The first kappa shape index (κ1) is 28.5. The van der Waals surface area contributed by atoms with Crippen LogP contribution in [0.1, 0.15) is 62.4 Å². The van der Waals surface area contributed by atoms with Crippen molar-refractivity contribution in [2.45, 2.75) is 58.6 Å². The number of hydrogen-bond donors (Lipinski definition) is 2. The number of esters is 1. The largest absolute Gasteiger partial charge is 0.469 e. The van der Waals surface area contributed by atoms with E-state index in [1.54, 1.807) is 55.7 Å². The molecule has 0 fully saturated rings. The molecule has 210 valence electrons. The number of aromatic nitrogens is 1. The number of amides is 2. The molecule has 2 N–H and O–H groups in total. The number of alkyl carbamates (subject to hydrolysis) is 1. The van der Waals surface area contributed by atoms with Gasteiger partial charge in [-0.25, -0.2) is 4.79 Å². The number of nitrogens with one attached hydrogen (secondary N) is 2. The topological polar surface area (TPSA) is 133 Å². The third kappa shape index (κ3) is 6.22. The van der Waals surface area contributed by atoms with Gasteiger partial charge in [0.25, 0.3) is 5.56 Å². The van der Waals surface area contributed by atoms with Crippen LogP contribution in [0.25, 0.3) is 22.0 Å². The molecule has 0 radical (unpaired) electrons. The second-order valence-electron chi connectivity index (χ2n) is 10.6. The highest BCUT2D eigenvalue weighted by atomic mass is 16.6. The molecule has 2 aromatic carbocycles. The van der Waals surface area contributed by atoms with Gasteiger partial charge in [-0.05, 0) is 45.7 Å². The van der Waals surface area contributed by atoms with E-state index >= 15 is 0 Å². The summed E-state index contributed by atoms with van der Waals surface area (Å²) < 4.78 is 11.4. The Labute approximate surface area is 231 Å². The third-order valence-corrected chi connectivity index (χ3v) is 6.45. The zero-order valence-electron chi connectivity index (χ0n) is 23.1. The Kier molecular flexibility index (Phi) is 8.37. The van der Waals surface area contributed by atoms with Crippen molar-refractivity contribution in [2.75, 3.05) is 19.0 Å². The van der Waals surface area contributed by atoms with E-state index in [9.17, 15) is 24.0 Å². The SMILES string of the molecule is COC(=O)CCCC(=O)Nc1ccc2c3c(n(CCCNC(=O)OC(C)(C)C)c(=O)c2c1)-c1ccccc1C3=O. The maximum absolute atomic E-state index is 13.8. The summed E-state index contributed by atoms with van der Waals surface area (Å²) in [5.74, 6) is -0.864. The van der Waals surface area contributed by atoms with Crippen LogP contribution in [-0.4, -0.2) is 47.6 Å². The van der Waals surface area contributed by atoms with Crippen LogP contribution in [0.15, 0.2) is 47.3 Å². The molecule has 0 saturated carbocycles. The second-order valence-corrected chi connectivity index (χ2v) is 10.6. The standard InChI is InChI=1S/C30H33N3O7/c1-30(2,3)40-29(38)31-15-8-16-33-26-20-9-5-6-10-21(20)27(36)25(26)19-14-13-18(17-22(19)28(33)37)32-23(34)11-7-12-24(35)39-4/h5-6,9-10,13-14,17H,7-8,11-12,15-16H2,1-4H3,(H,31,38)(H,32,34). The monoisotopic (exact) mass is 547 g/mol. The van der Waals surface area contributed by atoms with E-state index in [1.807, 2.05) is 12.1 Å². The van der Waals surface area contributed by atoms with Crippen molar-refractivity contribution in [1.29, 1.82) is 0 Å². The molecule has 0 spiro atoms. The fourth-order valence-corrected chi connectivity index (χ4v) is 4.73. The van der Waals surface area contributed by atoms with Gasteiger partial charge < -0.3 is 24.7 Å². The summed E-state index contributed by atoms with van der Waals surface area (Å²) in [6.45, 7) is 5.85. The number of carbonyl (C=O) groups is 4. The number of rotatable bonds is 9. The molecule has 1 aliphatic rings. The van der Waals surface area contributed by atoms with E-state index in [0.717, 1.165) is 0 Å². The number of carbonyl (C=O) groups excluding carboxylic acids is 4. The molecule has 0 bridgehead atoms. The lowest BCUT2D eigenvalue weighted by molar-refractivity contribution is -0.140. The number of benzene rings is 2. The Morgan fingerprint density at radius 3 is 2.35 bits per heavy atom. The number of ketones is 1. The smallest absolute Gasteiger partial charge is 0.407 e. The predicted octanol–water partition coefficient (Wildman–Crippen LogP) is 4.41. The Morgan fingerprint density at radius 2 is 1.65 bits per heavy atom. The first-order chi connectivity index (χ1) is 19.0. The quantitative estimate of drug-likeness (QED) is 0.234. The first-order valence-corrected chi connectivity index (χ1v) is 13.2. The molecule has 1 aliphatic carbocycles. The van der Waals surface area contributed by atoms with Crippen molar-refractivity contribution in [3.63, 3.8) is 0 Å². The molecule has 1 aromatic heterocycles. The molecule has 4 rings (SSSR count). The van der Waals surface area contributed by atoms with Gasteiger partial charge in [0.2, 0.25) is 5.91 Å². The van der Waals surface area contributed by atoms with Gasteiger partial charge in [0.15, 0.2) is 5.78 Å². The minimum Gasteiger partial charge on any atom is -0.469 e. The summed E-state index contributed by atoms with van der Waals surface area (Å²) >= 11 is 0. The summed E-state index contributed by atoms with van der Waals surface area (Å²) in [4.78, 5) is 63.1. The second kappa shape index (κ2) is 11.7.